The van der Waals surface area contributed by atoms with Crippen LogP contribution in [0.25, 0.3) is 32.9 Å². The van der Waals surface area contributed by atoms with Crippen LogP contribution in [-0.2, 0) is 6.18 Å². The van der Waals surface area contributed by atoms with E-state index in [9.17, 15) is 13.2 Å². The summed E-state index contributed by atoms with van der Waals surface area (Å²) in [6, 6.07) is 18.8. The molecule has 3 aromatic carbocycles. The lowest BCUT2D eigenvalue weighted by Crippen LogP contribution is -2.06. The molecule has 0 radical (unpaired) electrons. The maximum absolute atomic E-state index is 13.3. The van der Waals surface area contributed by atoms with E-state index in [4.69, 9.17) is 0 Å². The summed E-state index contributed by atoms with van der Waals surface area (Å²) < 4.78 is 40.0. The first kappa shape index (κ1) is 13.9. The normalized spacial score (nSPS) is 12.1. The number of aromatic nitrogens is 1. The van der Waals surface area contributed by atoms with Gasteiger partial charge in [0.25, 0.3) is 0 Å². The number of para-hydroxylation sites is 2. The zero-order valence-corrected chi connectivity index (χ0v) is 12.0. The van der Waals surface area contributed by atoms with E-state index < -0.39 is 11.7 Å². The summed E-state index contributed by atoms with van der Waals surface area (Å²) in [5.41, 5.74) is 1.78. The Kier molecular flexibility index (Phi) is 2.94. The minimum atomic E-state index is -4.38. The van der Waals surface area contributed by atoms with Crippen molar-refractivity contribution in [3.8, 4) is 11.1 Å². The Morgan fingerprint density at radius 3 is 2.13 bits per heavy atom. The summed E-state index contributed by atoms with van der Waals surface area (Å²) in [7, 11) is 0. The van der Waals surface area contributed by atoms with Crippen molar-refractivity contribution in [1.29, 1.82) is 0 Å². The average molecular weight is 311 g/mol. The van der Waals surface area contributed by atoms with Crippen LogP contribution in [0.4, 0.5) is 13.2 Å². The molecule has 0 aliphatic rings. The lowest BCUT2D eigenvalue weighted by molar-refractivity contribution is -0.137. The zero-order chi connectivity index (χ0) is 16.0. The number of nitrogens with one attached hydrogen (secondary N) is 1. The van der Waals surface area contributed by atoms with Gasteiger partial charge in [0.2, 0.25) is 0 Å². The molecule has 1 N–H and O–H groups in total. The predicted molar refractivity (Wildman–Crippen MR) is 86.2 cm³/mol. The fraction of sp³-hybridized carbons (Fsp3) is 0.0526. The van der Waals surface area contributed by atoms with Crippen molar-refractivity contribution in [2.24, 2.45) is 0 Å². The van der Waals surface area contributed by atoms with Gasteiger partial charge in [-0.05, 0) is 17.7 Å². The van der Waals surface area contributed by atoms with Gasteiger partial charge in [-0.3, -0.25) is 0 Å². The van der Waals surface area contributed by atoms with Gasteiger partial charge < -0.3 is 4.98 Å². The Labute approximate surface area is 130 Å². The van der Waals surface area contributed by atoms with Crippen LogP contribution < -0.4 is 0 Å². The standard InChI is InChI=1S/C19H12F3N/c20-19(21,22)16-10-3-1-6-12(16)14-8-5-9-15-13-7-2-4-11-17(13)23-18(14)15/h1-11,23H. The van der Waals surface area contributed by atoms with Gasteiger partial charge in [0.1, 0.15) is 0 Å². The van der Waals surface area contributed by atoms with E-state index in [1.54, 1.807) is 18.2 Å². The van der Waals surface area contributed by atoms with Crippen LogP contribution in [-0.4, -0.2) is 4.98 Å². The number of H-pyrrole nitrogens is 1. The Balaban J connectivity index is 2.08. The molecule has 0 aliphatic carbocycles. The summed E-state index contributed by atoms with van der Waals surface area (Å²) >= 11 is 0. The van der Waals surface area contributed by atoms with Gasteiger partial charge in [0, 0.05) is 21.9 Å². The lowest BCUT2D eigenvalue weighted by atomic mass is 9.97. The first-order valence-electron chi connectivity index (χ1n) is 7.22. The number of alkyl halides is 3. The summed E-state index contributed by atoms with van der Waals surface area (Å²) in [6.07, 6.45) is -4.38. The molecule has 1 nitrogen and oxygen atoms in total. The Bertz CT molecular complexity index is 1010. The second kappa shape index (κ2) is 4.88. The minimum Gasteiger partial charge on any atom is -0.354 e. The molecule has 1 aromatic heterocycles. The minimum absolute atomic E-state index is 0.192. The molecule has 0 bridgehead atoms. The second-order valence-corrected chi connectivity index (χ2v) is 5.44. The molecule has 0 unspecified atom stereocenters. The van der Waals surface area contributed by atoms with Crippen LogP contribution in [0, 0.1) is 0 Å². The summed E-state index contributed by atoms with van der Waals surface area (Å²) in [5, 5.41) is 1.93. The van der Waals surface area contributed by atoms with Gasteiger partial charge >= 0.3 is 6.18 Å². The predicted octanol–water partition coefficient (Wildman–Crippen LogP) is 6.01. The number of hydrogen-bond acceptors (Lipinski definition) is 0. The third-order valence-corrected chi connectivity index (χ3v) is 4.06. The molecule has 4 heteroatoms. The molecule has 4 rings (SSSR count). The molecule has 0 atom stereocenters. The molecule has 0 saturated heterocycles. The number of halogens is 3. The molecule has 114 valence electrons. The fourth-order valence-electron chi connectivity index (χ4n) is 3.06. The average Bonchev–Trinajstić information content (AvgIpc) is 2.93. The highest BCUT2D eigenvalue weighted by atomic mass is 19.4. The van der Waals surface area contributed by atoms with Crippen molar-refractivity contribution < 1.29 is 13.2 Å². The van der Waals surface area contributed by atoms with Crippen molar-refractivity contribution in [3.63, 3.8) is 0 Å². The maximum Gasteiger partial charge on any atom is 0.417 e. The van der Waals surface area contributed by atoms with Crippen molar-refractivity contribution in [2.45, 2.75) is 6.18 Å². The van der Waals surface area contributed by atoms with E-state index in [0.29, 0.717) is 5.56 Å². The summed E-state index contributed by atoms with van der Waals surface area (Å²) in [4.78, 5) is 3.26. The number of rotatable bonds is 1. The fourth-order valence-corrected chi connectivity index (χ4v) is 3.06. The van der Waals surface area contributed by atoms with Gasteiger partial charge in [-0.15, -0.1) is 0 Å². The molecule has 0 fully saturated rings. The van der Waals surface area contributed by atoms with Crippen LogP contribution in [0.15, 0.2) is 66.7 Å². The quantitative estimate of drug-likeness (QED) is 0.443. The summed E-state index contributed by atoms with van der Waals surface area (Å²) in [6.45, 7) is 0. The molecular formula is C19H12F3N. The van der Waals surface area contributed by atoms with Crippen molar-refractivity contribution >= 4 is 21.8 Å². The molecular weight excluding hydrogens is 299 g/mol. The number of hydrogen-bond donors (Lipinski definition) is 1. The SMILES string of the molecule is FC(F)(F)c1ccccc1-c1cccc2c1[nH]c1ccccc12. The number of aromatic amines is 1. The van der Waals surface area contributed by atoms with Crippen LogP contribution in [0.2, 0.25) is 0 Å². The van der Waals surface area contributed by atoms with Crippen LogP contribution in [0.5, 0.6) is 0 Å². The highest BCUT2D eigenvalue weighted by molar-refractivity contribution is 6.11. The van der Waals surface area contributed by atoms with Crippen molar-refractivity contribution in [3.05, 3.63) is 72.3 Å². The van der Waals surface area contributed by atoms with E-state index in [2.05, 4.69) is 4.98 Å². The highest BCUT2D eigenvalue weighted by Gasteiger charge is 2.33. The third kappa shape index (κ3) is 2.18. The molecule has 23 heavy (non-hydrogen) atoms. The lowest BCUT2D eigenvalue weighted by Gasteiger charge is -2.13. The van der Waals surface area contributed by atoms with Crippen LogP contribution in [0.1, 0.15) is 5.56 Å². The van der Waals surface area contributed by atoms with Gasteiger partial charge in [0.05, 0.1) is 11.1 Å². The zero-order valence-electron chi connectivity index (χ0n) is 12.0. The van der Waals surface area contributed by atoms with Gasteiger partial charge in [0.15, 0.2) is 0 Å². The highest BCUT2D eigenvalue weighted by Crippen LogP contribution is 2.40. The molecule has 0 amide bonds. The van der Waals surface area contributed by atoms with Gasteiger partial charge in [-0.1, -0.05) is 54.6 Å². The van der Waals surface area contributed by atoms with E-state index in [-0.39, 0.29) is 5.56 Å². The first-order chi connectivity index (χ1) is 11.1. The third-order valence-electron chi connectivity index (χ3n) is 4.06. The number of fused-ring (bicyclic) bond motifs is 3. The van der Waals surface area contributed by atoms with Gasteiger partial charge in [-0.2, -0.15) is 13.2 Å². The van der Waals surface area contributed by atoms with Crippen molar-refractivity contribution in [2.75, 3.05) is 0 Å². The molecule has 4 aromatic rings. The largest absolute Gasteiger partial charge is 0.417 e. The second-order valence-electron chi connectivity index (χ2n) is 5.44. The summed E-state index contributed by atoms with van der Waals surface area (Å²) in [5.74, 6) is 0. The monoisotopic (exact) mass is 311 g/mol. The molecule has 0 spiro atoms. The van der Waals surface area contributed by atoms with E-state index in [0.717, 1.165) is 27.9 Å². The first-order valence-corrected chi connectivity index (χ1v) is 7.22. The molecule has 0 saturated carbocycles. The Hall–Kier alpha value is -2.75. The Morgan fingerprint density at radius 2 is 1.30 bits per heavy atom. The Morgan fingerprint density at radius 1 is 0.652 bits per heavy atom. The molecule has 1 heterocycles. The van der Waals surface area contributed by atoms with Crippen molar-refractivity contribution in [1.82, 2.24) is 4.98 Å². The van der Waals surface area contributed by atoms with E-state index in [1.807, 2.05) is 30.3 Å². The van der Waals surface area contributed by atoms with E-state index in [1.165, 1.54) is 12.1 Å². The van der Waals surface area contributed by atoms with Crippen LogP contribution >= 0.6 is 0 Å². The molecule has 0 aliphatic heterocycles. The topological polar surface area (TPSA) is 15.8 Å². The van der Waals surface area contributed by atoms with E-state index >= 15 is 0 Å². The smallest absolute Gasteiger partial charge is 0.354 e. The maximum atomic E-state index is 13.3. The van der Waals surface area contributed by atoms with Gasteiger partial charge in [-0.25, -0.2) is 0 Å². The van der Waals surface area contributed by atoms with Crippen LogP contribution in [0.3, 0.4) is 0 Å². The number of benzene rings is 3.